The molecule has 1 unspecified atom stereocenters. The summed E-state index contributed by atoms with van der Waals surface area (Å²) in [5.41, 5.74) is 0.921. The second-order valence-electron chi connectivity index (χ2n) is 3.86. The second kappa shape index (κ2) is 5.78. The van der Waals surface area contributed by atoms with Crippen LogP contribution in [0.4, 0.5) is 4.39 Å². The van der Waals surface area contributed by atoms with Crippen LogP contribution in [0, 0.1) is 5.82 Å². The third-order valence-corrected chi connectivity index (χ3v) is 3.22. The molecule has 1 aromatic carbocycles. The Kier molecular flexibility index (Phi) is 4.32. The van der Waals surface area contributed by atoms with Crippen LogP contribution >= 0.6 is 27.5 Å². The highest BCUT2D eigenvalue weighted by atomic mass is 79.9. The zero-order valence-corrected chi connectivity index (χ0v) is 11.6. The molecule has 0 bridgehead atoms. The van der Waals surface area contributed by atoms with E-state index in [-0.39, 0.29) is 6.42 Å². The zero-order valence-electron chi connectivity index (χ0n) is 9.28. The Morgan fingerprint density at radius 3 is 2.72 bits per heavy atom. The number of nitrogens with zero attached hydrogens (tertiary/aromatic N) is 1. The van der Waals surface area contributed by atoms with Gasteiger partial charge in [0.1, 0.15) is 11.9 Å². The highest BCUT2D eigenvalue weighted by Crippen LogP contribution is 2.21. The second-order valence-corrected chi connectivity index (χ2v) is 5.21. The van der Waals surface area contributed by atoms with E-state index in [2.05, 4.69) is 20.9 Å². The number of aromatic nitrogens is 1. The Morgan fingerprint density at radius 2 is 2.11 bits per heavy atom. The number of rotatable bonds is 3. The van der Waals surface area contributed by atoms with Gasteiger partial charge < -0.3 is 5.11 Å². The van der Waals surface area contributed by atoms with Crippen LogP contribution in [-0.4, -0.2) is 10.1 Å². The summed E-state index contributed by atoms with van der Waals surface area (Å²) in [4.78, 5) is 4.08. The molecule has 0 aliphatic carbocycles. The van der Waals surface area contributed by atoms with Crippen LogP contribution in [-0.2, 0) is 6.42 Å². The monoisotopic (exact) mass is 329 g/mol. The molecule has 0 aliphatic heterocycles. The predicted molar refractivity (Wildman–Crippen MR) is 72.0 cm³/mol. The Morgan fingerprint density at radius 1 is 1.33 bits per heavy atom. The molecule has 1 atom stereocenters. The third-order valence-electron chi connectivity index (χ3n) is 2.52. The lowest BCUT2D eigenvalue weighted by molar-refractivity contribution is 0.172. The Balaban J connectivity index is 2.15. The number of benzene rings is 1. The van der Waals surface area contributed by atoms with Crippen molar-refractivity contribution in [3.05, 3.63) is 63.1 Å². The first-order valence-electron chi connectivity index (χ1n) is 5.29. The normalized spacial score (nSPS) is 12.4. The molecule has 0 saturated heterocycles. The molecule has 0 radical (unpaired) electrons. The summed E-state index contributed by atoms with van der Waals surface area (Å²) in [7, 11) is 0. The molecule has 2 nitrogen and oxygen atoms in total. The minimum absolute atomic E-state index is 0.164. The van der Waals surface area contributed by atoms with E-state index in [9.17, 15) is 9.50 Å². The summed E-state index contributed by atoms with van der Waals surface area (Å²) in [5.74, 6) is -0.418. The van der Waals surface area contributed by atoms with Gasteiger partial charge in [-0.25, -0.2) is 4.39 Å². The minimum Gasteiger partial charge on any atom is -0.386 e. The fourth-order valence-corrected chi connectivity index (χ4v) is 1.98. The summed E-state index contributed by atoms with van der Waals surface area (Å²) in [6.45, 7) is 0. The number of hydrogen-bond donors (Lipinski definition) is 1. The highest BCUT2D eigenvalue weighted by molar-refractivity contribution is 9.10. The van der Waals surface area contributed by atoms with Crippen LogP contribution in [0.1, 0.15) is 17.4 Å². The summed E-state index contributed by atoms with van der Waals surface area (Å²) in [6.07, 6.45) is 0.919. The first-order valence-corrected chi connectivity index (χ1v) is 6.47. The maximum atomic E-state index is 13.6. The van der Waals surface area contributed by atoms with Gasteiger partial charge in [-0.1, -0.05) is 17.7 Å². The van der Waals surface area contributed by atoms with E-state index in [0.29, 0.717) is 16.3 Å². The number of aliphatic hydroxyl groups excluding tert-OH is 1. The molecule has 0 spiro atoms. The van der Waals surface area contributed by atoms with Crippen molar-refractivity contribution in [1.29, 1.82) is 0 Å². The average molecular weight is 331 g/mol. The van der Waals surface area contributed by atoms with E-state index in [1.165, 1.54) is 6.07 Å². The van der Waals surface area contributed by atoms with Gasteiger partial charge in [0.2, 0.25) is 0 Å². The molecule has 2 rings (SSSR count). The van der Waals surface area contributed by atoms with Crippen LogP contribution in [0.3, 0.4) is 0 Å². The molecule has 5 heteroatoms. The summed E-state index contributed by atoms with van der Waals surface area (Å²) < 4.78 is 14.4. The van der Waals surface area contributed by atoms with Crippen molar-refractivity contribution in [1.82, 2.24) is 4.98 Å². The number of halogens is 3. The minimum atomic E-state index is -0.839. The van der Waals surface area contributed by atoms with E-state index in [0.717, 1.165) is 4.47 Å². The van der Waals surface area contributed by atoms with Crippen molar-refractivity contribution in [3.8, 4) is 0 Å². The lowest BCUT2D eigenvalue weighted by Crippen LogP contribution is -2.05. The molecular weight excluding hydrogens is 321 g/mol. The molecule has 1 heterocycles. The predicted octanol–water partition coefficient (Wildman–Crippen LogP) is 3.91. The summed E-state index contributed by atoms with van der Waals surface area (Å²) in [6, 6.07) is 7.88. The maximum absolute atomic E-state index is 13.6. The van der Waals surface area contributed by atoms with Gasteiger partial charge in [0, 0.05) is 22.1 Å². The first kappa shape index (κ1) is 13.5. The van der Waals surface area contributed by atoms with Gasteiger partial charge in [-0.2, -0.15) is 0 Å². The van der Waals surface area contributed by atoms with Crippen molar-refractivity contribution < 1.29 is 9.50 Å². The van der Waals surface area contributed by atoms with Crippen molar-refractivity contribution in [2.24, 2.45) is 0 Å². The fraction of sp³-hybridized carbons (Fsp3) is 0.154. The first-order chi connectivity index (χ1) is 8.56. The van der Waals surface area contributed by atoms with Crippen LogP contribution in [0.15, 0.2) is 41.0 Å². The van der Waals surface area contributed by atoms with Crippen molar-refractivity contribution in [2.75, 3.05) is 0 Å². The van der Waals surface area contributed by atoms with Gasteiger partial charge in [0.25, 0.3) is 0 Å². The van der Waals surface area contributed by atoms with E-state index >= 15 is 0 Å². The molecule has 1 aromatic heterocycles. The molecule has 0 aliphatic rings. The van der Waals surface area contributed by atoms with Crippen molar-refractivity contribution in [3.63, 3.8) is 0 Å². The smallest absolute Gasteiger partial charge is 0.127 e. The molecule has 0 fully saturated rings. The number of pyridine rings is 1. The number of hydrogen-bond acceptors (Lipinski definition) is 2. The van der Waals surface area contributed by atoms with Gasteiger partial charge in [0.15, 0.2) is 0 Å². The largest absolute Gasteiger partial charge is 0.386 e. The van der Waals surface area contributed by atoms with E-state index < -0.39 is 11.9 Å². The quantitative estimate of drug-likeness (QED) is 0.925. The molecule has 2 aromatic rings. The van der Waals surface area contributed by atoms with Gasteiger partial charge in [0.05, 0.1) is 5.69 Å². The molecule has 0 saturated carbocycles. The molecule has 0 amide bonds. The maximum Gasteiger partial charge on any atom is 0.127 e. The summed E-state index contributed by atoms with van der Waals surface area (Å²) in [5, 5.41) is 10.3. The van der Waals surface area contributed by atoms with Crippen LogP contribution < -0.4 is 0 Å². The van der Waals surface area contributed by atoms with Gasteiger partial charge in [-0.3, -0.25) is 4.98 Å². The standard InChI is InChI=1S/C13H10BrClFNO/c14-9-2-4-12(17-7-9)13(18)5-8-1-3-10(15)6-11(8)16/h1-4,6-7,13,18H,5H2. The summed E-state index contributed by atoms with van der Waals surface area (Å²) >= 11 is 8.93. The average Bonchev–Trinajstić information content (AvgIpc) is 2.33. The molecule has 18 heavy (non-hydrogen) atoms. The lowest BCUT2D eigenvalue weighted by Gasteiger charge is -2.11. The van der Waals surface area contributed by atoms with E-state index in [4.69, 9.17) is 11.6 Å². The molecule has 1 N–H and O–H groups in total. The number of aliphatic hydroxyl groups is 1. The van der Waals surface area contributed by atoms with Gasteiger partial charge in [-0.05, 0) is 45.8 Å². The third kappa shape index (κ3) is 3.28. The van der Waals surface area contributed by atoms with Gasteiger partial charge in [-0.15, -0.1) is 0 Å². The zero-order chi connectivity index (χ0) is 13.1. The highest BCUT2D eigenvalue weighted by Gasteiger charge is 2.13. The molecular formula is C13H10BrClFNO. The van der Waals surface area contributed by atoms with Crippen LogP contribution in [0.5, 0.6) is 0 Å². The Labute approximate surface area is 118 Å². The van der Waals surface area contributed by atoms with E-state index in [1.807, 2.05) is 0 Å². The SMILES string of the molecule is OC(Cc1ccc(Cl)cc1F)c1ccc(Br)cn1. The molecule has 94 valence electrons. The van der Waals surface area contributed by atoms with Crippen LogP contribution in [0.25, 0.3) is 0 Å². The lowest BCUT2D eigenvalue weighted by atomic mass is 10.0. The van der Waals surface area contributed by atoms with Crippen molar-refractivity contribution in [2.45, 2.75) is 12.5 Å². The van der Waals surface area contributed by atoms with E-state index in [1.54, 1.807) is 30.5 Å². The van der Waals surface area contributed by atoms with Crippen LogP contribution in [0.2, 0.25) is 5.02 Å². The Hall–Kier alpha value is -0.970. The van der Waals surface area contributed by atoms with Gasteiger partial charge >= 0.3 is 0 Å². The van der Waals surface area contributed by atoms with Crippen molar-refractivity contribution >= 4 is 27.5 Å². The topological polar surface area (TPSA) is 33.1 Å². The Bertz CT molecular complexity index is 547. The fourth-order valence-electron chi connectivity index (χ4n) is 1.58.